The molecule has 0 aliphatic carbocycles. The number of carbonyl (C=O) groups excluding carboxylic acids is 1. The van der Waals surface area contributed by atoms with Gasteiger partial charge in [0.2, 0.25) is 0 Å². The van der Waals surface area contributed by atoms with Crippen LogP contribution < -0.4 is 5.32 Å². The van der Waals surface area contributed by atoms with E-state index in [0.29, 0.717) is 5.57 Å². The van der Waals surface area contributed by atoms with Crippen LogP contribution in [0.5, 0.6) is 0 Å². The molecule has 1 amide bonds. The fourth-order valence-electron chi connectivity index (χ4n) is 0.952. The van der Waals surface area contributed by atoms with Gasteiger partial charge in [0.25, 0.3) is 5.91 Å². The first-order valence-electron chi connectivity index (χ1n) is 4.85. The molecule has 0 aliphatic rings. The third-order valence-electron chi connectivity index (χ3n) is 1.58. The van der Waals surface area contributed by atoms with E-state index >= 15 is 0 Å². The van der Waals surface area contributed by atoms with Crippen molar-refractivity contribution < 1.29 is 4.79 Å². The molecule has 0 fully saturated rings. The Morgan fingerprint density at radius 1 is 1.36 bits per heavy atom. The van der Waals surface area contributed by atoms with Crippen LogP contribution in [0.3, 0.4) is 0 Å². The number of amides is 1. The maximum Gasteiger partial charge on any atom is 0.251 e. The molecule has 0 aromatic heterocycles. The van der Waals surface area contributed by atoms with E-state index in [1.165, 1.54) is 0 Å². The van der Waals surface area contributed by atoms with Gasteiger partial charge in [0.1, 0.15) is 0 Å². The van der Waals surface area contributed by atoms with Crippen molar-refractivity contribution in [3.8, 4) is 0 Å². The molecular weight excluding hydrogens is 174 g/mol. The molecule has 0 atom stereocenters. The van der Waals surface area contributed by atoms with E-state index in [0.717, 1.165) is 12.0 Å². The molecule has 14 heavy (non-hydrogen) atoms. The average Bonchev–Trinajstić information content (AvgIpc) is 2.15. The lowest BCUT2D eigenvalue weighted by molar-refractivity contribution is -0.116. The van der Waals surface area contributed by atoms with Crippen LogP contribution in [0.1, 0.15) is 27.2 Å². The van der Waals surface area contributed by atoms with E-state index in [-0.39, 0.29) is 5.91 Å². The van der Waals surface area contributed by atoms with Crippen molar-refractivity contribution in [2.45, 2.75) is 27.2 Å². The van der Waals surface area contributed by atoms with Crippen molar-refractivity contribution in [3.63, 3.8) is 0 Å². The van der Waals surface area contributed by atoms with Crippen molar-refractivity contribution in [2.24, 2.45) is 0 Å². The number of hydrogen-bond acceptors (Lipinski definition) is 1. The largest absolute Gasteiger partial charge is 0.355 e. The Balaban J connectivity index is 4.72. The molecule has 0 heterocycles. The normalized spacial score (nSPS) is 11.6. The summed E-state index contributed by atoms with van der Waals surface area (Å²) < 4.78 is 0. The van der Waals surface area contributed by atoms with E-state index in [4.69, 9.17) is 0 Å². The van der Waals surface area contributed by atoms with Crippen molar-refractivity contribution in [2.75, 3.05) is 7.05 Å². The van der Waals surface area contributed by atoms with Gasteiger partial charge in [0, 0.05) is 12.6 Å². The van der Waals surface area contributed by atoms with Gasteiger partial charge >= 0.3 is 0 Å². The summed E-state index contributed by atoms with van der Waals surface area (Å²) in [6, 6.07) is 0. The monoisotopic (exact) mass is 193 g/mol. The highest BCUT2D eigenvalue weighted by molar-refractivity contribution is 5.96. The highest BCUT2D eigenvalue weighted by Crippen LogP contribution is 2.02. The zero-order chi connectivity index (χ0) is 11.0. The predicted octanol–water partition coefficient (Wildman–Crippen LogP) is 2.59. The van der Waals surface area contributed by atoms with E-state index in [1.54, 1.807) is 7.05 Å². The Morgan fingerprint density at radius 2 is 2.00 bits per heavy atom. The molecule has 2 heteroatoms. The lowest BCUT2D eigenvalue weighted by Gasteiger charge is -1.99. The van der Waals surface area contributed by atoms with Crippen LogP contribution in [0, 0.1) is 0 Å². The van der Waals surface area contributed by atoms with Gasteiger partial charge in [0.05, 0.1) is 0 Å². The van der Waals surface area contributed by atoms with E-state index in [2.05, 4.69) is 12.2 Å². The summed E-state index contributed by atoms with van der Waals surface area (Å²) in [5.41, 5.74) is 1.81. The topological polar surface area (TPSA) is 29.1 Å². The molecule has 1 N–H and O–H groups in total. The molecule has 0 saturated carbocycles. The fourth-order valence-corrected chi connectivity index (χ4v) is 0.952. The number of hydrogen-bond donors (Lipinski definition) is 1. The lowest BCUT2D eigenvalue weighted by atomic mass is 10.1. The van der Waals surface area contributed by atoms with Crippen LogP contribution in [-0.4, -0.2) is 13.0 Å². The minimum atomic E-state index is -0.0491. The molecule has 0 aromatic carbocycles. The number of carbonyl (C=O) groups is 1. The molecule has 0 bridgehead atoms. The minimum Gasteiger partial charge on any atom is -0.355 e. The van der Waals surface area contributed by atoms with Gasteiger partial charge in [-0.25, -0.2) is 0 Å². The Morgan fingerprint density at radius 3 is 2.43 bits per heavy atom. The second-order valence-corrected chi connectivity index (χ2v) is 3.26. The fraction of sp³-hybridized carbons (Fsp3) is 0.417. The smallest absolute Gasteiger partial charge is 0.251 e. The maximum atomic E-state index is 11.4. The maximum absolute atomic E-state index is 11.4. The van der Waals surface area contributed by atoms with Crippen LogP contribution in [0.4, 0.5) is 0 Å². The first kappa shape index (κ1) is 12.7. The summed E-state index contributed by atoms with van der Waals surface area (Å²) in [6.07, 6.45) is 8.60. The molecule has 0 rings (SSSR count). The summed E-state index contributed by atoms with van der Waals surface area (Å²) >= 11 is 0. The van der Waals surface area contributed by atoms with Gasteiger partial charge in [-0.05, 0) is 26.3 Å². The third-order valence-corrected chi connectivity index (χ3v) is 1.58. The molecule has 0 radical (unpaired) electrons. The first-order chi connectivity index (χ1) is 6.61. The SMILES string of the molecule is CC/C=C/C=C(\C=C(C)C)C(=O)NC. The highest BCUT2D eigenvalue weighted by atomic mass is 16.1. The van der Waals surface area contributed by atoms with Crippen LogP contribution in [0.25, 0.3) is 0 Å². The molecule has 2 nitrogen and oxygen atoms in total. The van der Waals surface area contributed by atoms with E-state index in [9.17, 15) is 4.79 Å². The average molecular weight is 193 g/mol. The summed E-state index contributed by atoms with van der Waals surface area (Å²) in [4.78, 5) is 11.4. The molecule has 0 aliphatic heterocycles. The number of nitrogens with one attached hydrogen (secondary N) is 1. The van der Waals surface area contributed by atoms with Crippen molar-refractivity contribution in [3.05, 3.63) is 35.5 Å². The van der Waals surface area contributed by atoms with Gasteiger partial charge in [0.15, 0.2) is 0 Å². The van der Waals surface area contributed by atoms with Crippen LogP contribution in [0.15, 0.2) is 35.5 Å². The van der Waals surface area contributed by atoms with Crippen LogP contribution >= 0.6 is 0 Å². The summed E-state index contributed by atoms with van der Waals surface area (Å²) in [6.45, 7) is 6.01. The predicted molar refractivity (Wildman–Crippen MR) is 61.0 cm³/mol. The molecule has 0 unspecified atom stereocenters. The minimum absolute atomic E-state index is 0.0491. The molecule has 0 aromatic rings. The molecular formula is C12H19NO. The van der Waals surface area contributed by atoms with Gasteiger partial charge in [-0.1, -0.05) is 30.7 Å². The summed E-state index contributed by atoms with van der Waals surface area (Å²) in [7, 11) is 1.64. The Bertz CT molecular complexity index is 268. The molecule has 0 spiro atoms. The number of rotatable bonds is 4. The van der Waals surface area contributed by atoms with E-state index in [1.807, 2.05) is 38.2 Å². The summed E-state index contributed by atoms with van der Waals surface area (Å²) in [5, 5.41) is 2.61. The van der Waals surface area contributed by atoms with Gasteiger partial charge in [-0.15, -0.1) is 0 Å². The van der Waals surface area contributed by atoms with Crippen molar-refractivity contribution in [1.29, 1.82) is 0 Å². The van der Waals surface area contributed by atoms with Gasteiger partial charge in [-0.3, -0.25) is 4.79 Å². The zero-order valence-corrected chi connectivity index (χ0v) is 9.42. The first-order valence-corrected chi connectivity index (χ1v) is 4.85. The quantitative estimate of drug-likeness (QED) is 0.539. The number of likely N-dealkylation sites (N-methyl/N-ethyl adjacent to an activating group) is 1. The second kappa shape index (κ2) is 7.13. The molecule has 78 valence electrons. The Kier molecular flexibility index (Phi) is 6.46. The van der Waals surface area contributed by atoms with Crippen LogP contribution in [0.2, 0.25) is 0 Å². The lowest BCUT2D eigenvalue weighted by Crippen LogP contribution is -2.19. The van der Waals surface area contributed by atoms with E-state index < -0.39 is 0 Å². The summed E-state index contributed by atoms with van der Waals surface area (Å²) in [5.74, 6) is -0.0491. The standard InChI is InChI=1S/C12H19NO/c1-5-6-7-8-11(9-10(2)3)12(14)13-4/h6-9H,5H2,1-4H3,(H,13,14)/b7-6+,11-8+. The third kappa shape index (κ3) is 5.36. The number of allylic oxidation sites excluding steroid dienone is 4. The Labute approximate surface area is 86.4 Å². The van der Waals surface area contributed by atoms with Gasteiger partial charge < -0.3 is 5.32 Å². The van der Waals surface area contributed by atoms with Gasteiger partial charge in [-0.2, -0.15) is 0 Å². The highest BCUT2D eigenvalue weighted by Gasteiger charge is 2.01. The van der Waals surface area contributed by atoms with Crippen LogP contribution in [-0.2, 0) is 4.79 Å². The van der Waals surface area contributed by atoms with Crippen molar-refractivity contribution in [1.82, 2.24) is 5.32 Å². The second-order valence-electron chi connectivity index (χ2n) is 3.26. The Hall–Kier alpha value is -1.31. The zero-order valence-electron chi connectivity index (χ0n) is 9.42. The van der Waals surface area contributed by atoms with Crippen molar-refractivity contribution >= 4 is 5.91 Å². The molecule has 0 saturated heterocycles.